The van der Waals surface area contributed by atoms with Gasteiger partial charge in [-0.2, -0.15) is 0 Å². The highest BCUT2D eigenvalue weighted by molar-refractivity contribution is 6.95. The first kappa shape index (κ1) is 13.5. The maximum atomic E-state index is 12.8. The maximum absolute atomic E-state index is 12.8. The van der Waals surface area contributed by atoms with E-state index in [4.69, 9.17) is 0 Å². The lowest BCUT2D eigenvalue weighted by Crippen LogP contribution is -2.34. The highest BCUT2D eigenvalue weighted by Gasteiger charge is 2.41. The van der Waals surface area contributed by atoms with E-state index < -0.39 is 8.07 Å². The predicted molar refractivity (Wildman–Crippen MR) is 92.9 cm³/mol. The van der Waals surface area contributed by atoms with Crippen LogP contribution in [0, 0.1) is 0 Å². The fourth-order valence-electron chi connectivity index (χ4n) is 3.65. The zero-order chi connectivity index (χ0) is 15.5. The average Bonchev–Trinajstić information content (AvgIpc) is 2.77. The van der Waals surface area contributed by atoms with Crippen molar-refractivity contribution in [3.63, 3.8) is 0 Å². The molecule has 2 aliphatic heterocycles. The molecule has 0 bridgehead atoms. The topological polar surface area (TPSA) is 20.3 Å². The summed E-state index contributed by atoms with van der Waals surface area (Å²) in [6.45, 7) is 7.77. The van der Waals surface area contributed by atoms with Crippen LogP contribution in [0.5, 0.6) is 0 Å². The third-order valence-corrected chi connectivity index (χ3v) is 6.54. The molecule has 3 heteroatoms. The van der Waals surface area contributed by atoms with Gasteiger partial charge in [0, 0.05) is 11.1 Å². The Morgan fingerprint density at radius 1 is 0.864 bits per heavy atom. The summed E-state index contributed by atoms with van der Waals surface area (Å²) in [5, 5.41) is 1.41. The monoisotopic (exact) mass is 305 g/mol. The van der Waals surface area contributed by atoms with Gasteiger partial charge in [-0.3, -0.25) is 4.79 Å². The van der Waals surface area contributed by atoms with E-state index >= 15 is 0 Å². The second kappa shape index (κ2) is 4.43. The van der Waals surface area contributed by atoms with E-state index in [2.05, 4.69) is 50.0 Å². The molecule has 0 spiro atoms. The molecule has 0 N–H and O–H groups in total. The molecular weight excluding hydrogens is 286 g/mol. The molecule has 2 aromatic carbocycles. The van der Waals surface area contributed by atoms with Crippen molar-refractivity contribution >= 4 is 24.9 Å². The van der Waals surface area contributed by atoms with Crippen LogP contribution in [0.2, 0.25) is 19.6 Å². The number of carbonyl (C=O) groups excluding carboxylic acids is 1. The van der Waals surface area contributed by atoms with Crippen molar-refractivity contribution in [3.8, 4) is 0 Å². The lowest BCUT2D eigenvalue weighted by Gasteiger charge is -2.34. The molecule has 0 fully saturated rings. The second-order valence-corrected chi connectivity index (χ2v) is 12.1. The third kappa shape index (κ3) is 1.75. The summed E-state index contributed by atoms with van der Waals surface area (Å²) in [7, 11) is -1.61. The predicted octanol–water partition coefficient (Wildman–Crippen LogP) is 4.40. The lowest BCUT2D eigenvalue weighted by molar-refractivity contribution is 0.0842. The number of benzene rings is 2. The molecule has 0 radical (unpaired) electrons. The Morgan fingerprint density at radius 3 is 2.14 bits per heavy atom. The van der Waals surface area contributed by atoms with E-state index in [0.717, 1.165) is 11.1 Å². The minimum absolute atomic E-state index is 0.149. The Labute approximate surface area is 132 Å². The van der Waals surface area contributed by atoms with Gasteiger partial charge in [-0.05, 0) is 22.4 Å². The fraction of sp³-hybridized carbons (Fsp3) is 0.211. The SMILES string of the molecule is C[Si](C)(C)C1=C2c3ccccc3C(=O)N2Cc2ccccc21. The fourth-order valence-corrected chi connectivity index (χ4v) is 5.68. The summed E-state index contributed by atoms with van der Waals surface area (Å²) in [5.41, 5.74) is 5.74. The average molecular weight is 305 g/mol. The molecule has 0 unspecified atom stereocenters. The summed E-state index contributed by atoms with van der Waals surface area (Å²) in [6.07, 6.45) is 0. The number of fused-ring (bicyclic) bond motifs is 4. The van der Waals surface area contributed by atoms with Crippen molar-refractivity contribution in [2.45, 2.75) is 26.2 Å². The summed E-state index contributed by atoms with van der Waals surface area (Å²) in [4.78, 5) is 14.8. The highest BCUT2D eigenvalue weighted by atomic mass is 28.3. The molecule has 0 aliphatic carbocycles. The largest absolute Gasteiger partial charge is 0.303 e. The zero-order valence-corrected chi connectivity index (χ0v) is 14.2. The van der Waals surface area contributed by atoms with Crippen LogP contribution in [0.25, 0.3) is 10.9 Å². The second-order valence-electron chi connectivity index (χ2n) is 7.07. The zero-order valence-electron chi connectivity index (χ0n) is 13.2. The van der Waals surface area contributed by atoms with Crippen LogP contribution in [-0.2, 0) is 6.54 Å². The molecule has 2 aliphatic rings. The normalized spacial score (nSPS) is 16.5. The maximum Gasteiger partial charge on any atom is 0.259 e. The van der Waals surface area contributed by atoms with Gasteiger partial charge in [-0.25, -0.2) is 0 Å². The smallest absolute Gasteiger partial charge is 0.259 e. The minimum Gasteiger partial charge on any atom is -0.303 e. The van der Waals surface area contributed by atoms with Gasteiger partial charge in [0.2, 0.25) is 0 Å². The van der Waals surface area contributed by atoms with Crippen LogP contribution in [-0.4, -0.2) is 18.9 Å². The highest BCUT2D eigenvalue weighted by Crippen LogP contribution is 2.46. The Balaban J connectivity index is 2.10. The van der Waals surface area contributed by atoms with Crippen molar-refractivity contribution in [2.75, 3.05) is 0 Å². The summed E-state index contributed by atoms with van der Waals surface area (Å²) < 4.78 is 0. The van der Waals surface area contributed by atoms with E-state index in [-0.39, 0.29) is 5.91 Å². The molecule has 1 amide bonds. The Bertz CT molecular complexity index is 829. The van der Waals surface area contributed by atoms with E-state index in [1.807, 2.05) is 23.1 Å². The van der Waals surface area contributed by atoms with Gasteiger partial charge in [0.1, 0.15) is 0 Å². The molecule has 0 saturated heterocycles. The van der Waals surface area contributed by atoms with E-state index in [1.165, 1.54) is 22.0 Å². The number of hydrogen-bond donors (Lipinski definition) is 0. The summed E-state index contributed by atoms with van der Waals surface area (Å²) in [5.74, 6) is 0.149. The van der Waals surface area contributed by atoms with Crippen LogP contribution >= 0.6 is 0 Å². The molecule has 2 nitrogen and oxygen atoms in total. The van der Waals surface area contributed by atoms with Crippen molar-refractivity contribution < 1.29 is 4.79 Å². The lowest BCUT2D eigenvalue weighted by atomic mass is 9.99. The number of amides is 1. The van der Waals surface area contributed by atoms with Gasteiger partial charge < -0.3 is 4.90 Å². The van der Waals surface area contributed by atoms with Crippen LogP contribution in [0.4, 0.5) is 0 Å². The third-order valence-electron chi connectivity index (χ3n) is 4.53. The molecule has 4 rings (SSSR count). The van der Waals surface area contributed by atoms with Crippen LogP contribution in [0.1, 0.15) is 27.0 Å². The van der Waals surface area contributed by atoms with Crippen LogP contribution in [0.15, 0.2) is 48.5 Å². The van der Waals surface area contributed by atoms with Gasteiger partial charge in [0.05, 0.1) is 20.3 Å². The Kier molecular flexibility index (Phi) is 2.72. The quantitative estimate of drug-likeness (QED) is 0.715. The number of nitrogens with zero attached hydrogens (tertiary/aromatic N) is 1. The number of carbonyl (C=O) groups is 1. The van der Waals surface area contributed by atoms with Gasteiger partial charge >= 0.3 is 0 Å². The molecule has 0 aromatic heterocycles. The van der Waals surface area contributed by atoms with E-state index in [0.29, 0.717) is 6.54 Å². The van der Waals surface area contributed by atoms with Crippen molar-refractivity contribution in [1.29, 1.82) is 0 Å². The molecule has 0 saturated carbocycles. The van der Waals surface area contributed by atoms with E-state index in [1.54, 1.807) is 0 Å². The Hall–Kier alpha value is -2.13. The first-order chi connectivity index (χ1) is 10.5. The van der Waals surface area contributed by atoms with Gasteiger partial charge in [-0.15, -0.1) is 0 Å². The molecular formula is C19H19NOSi. The standard InChI is InChI=1S/C19H19NOSi/c1-22(2,3)18-14-9-5-4-8-13(14)12-20-17(18)15-10-6-7-11-16(15)19(20)21/h4-11H,12H2,1-3H3. The van der Waals surface area contributed by atoms with Gasteiger partial charge in [0.25, 0.3) is 5.91 Å². The van der Waals surface area contributed by atoms with Crippen molar-refractivity contribution in [3.05, 3.63) is 70.8 Å². The van der Waals surface area contributed by atoms with Crippen molar-refractivity contribution in [2.24, 2.45) is 0 Å². The van der Waals surface area contributed by atoms with Crippen LogP contribution < -0.4 is 0 Å². The number of rotatable bonds is 1. The van der Waals surface area contributed by atoms with E-state index in [9.17, 15) is 4.79 Å². The van der Waals surface area contributed by atoms with Gasteiger partial charge in [0.15, 0.2) is 0 Å². The molecule has 110 valence electrons. The van der Waals surface area contributed by atoms with Gasteiger partial charge in [-0.1, -0.05) is 62.1 Å². The molecule has 2 heterocycles. The summed E-state index contributed by atoms with van der Waals surface area (Å²) >= 11 is 0. The Morgan fingerprint density at radius 2 is 1.45 bits per heavy atom. The molecule has 22 heavy (non-hydrogen) atoms. The first-order valence-corrected chi connectivity index (χ1v) is 11.2. The first-order valence-electron chi connectivity index (χ1n) is 7.73. The minimum atomic E-state index is -1.61. The number of hydrogen-bond acceptors (Lipinski definition) is 1. The molecule has 0 atom stereocenters. The molecule has 2 aromatic rings. The summed E-state index contributed by atoms with van der Waals surface area (Å²) in [6, 6.07) is 16.6. The van der Waals surface area contributed by atoms with Crippen molar-refractivity contribution in [1.82, 2.24) is 4.90 Å². The van der Waals surface area contributed by atoms with Crippen LogP contribution in [0.3, 0.4) is 0 Å².